The van der Waals surface area contributed by atoms with Gasteiger partial charge in [-0.15, -0.1) is 0 Å². The van der Waals surface area contributed by atoms with Crippen molar-refractivity contribution >= 4 is 5.97 Å². The van der Waals surface area contributed by atoms with Gasteiger partial charge in [-0.25, -0.2) is 0 Å². The Morgan fingerprint density at radius 2 is 2.00 bits per heavy atom. The van der Waals surface area contributed by atoms with Crippen molar-refractivity contribution in [1.82, 2.24) is 5.32 Å². The SMILES string of the molecule is CC(Cc1cccc(C(F)(F)F)c1)N[C@@H](C)C(=O)O. The summed E-state index contributed by atoms with van der Waals surface area (Å²) in [5.41, 5.74) is -0.170. The normalized spacial score (nSPS) is 15.0. The summed E-state index contributed by atoms with van der Waals surface area (Å²) in [7, 11) is 0. The molecule has 0 aliphatic rings. The minimum Gasteiger partial charge on any atom is -0.480 e. The molecule has 0 amide bonds. The molecule has 0 saturated carbocycles. The summed E-state index contributed by atoms with van der Waals surface area (Å²) in [6, 6.07) is 4.09. The highest BCUT2D eigenvalue weighted by atomic mass is 19.4. The third kappa shape index (κ3) is 4.90. The number of aliphatic carboxylic acids is 1. The topological polar surface area (TPSA) is 49.3 Å². The summed E-state index contributed by atoms with van der Waals surface area (Å²) in [5, 5.41) is 11.5. The van der Waals surface area contributed by atoms with Gasteiger partial charge in [0, 0.05) is 6.04 Å². The molecule has 0 saturated heterocycles. The van der Waals surface area contributed by atoms with Crippen LogP contribution in [-0.2, 0) is 17.4 Å². The van der Waals surface area contributed by atoms with Crippen LogP contribution < -0.4 is 5.32 Å². The van der Waals surface area contributed by atoms with Crippen LogP contribution in [0.2, 0.25) is 0 Å². The van der Waals surface area contributed by atoms with Gasteiger partial charge in [0.2, 0.25) is 0 Å². The van der Waals surface area contributed by atoms with Gasteiger partial charge < -0.3 is 10.4 Å². The number of hydrogen-bond donors (Lipinski definition) is 2. The molecule has 1 aromatic rings. The molecule has 3 nitrogen and oxygen atoms in total. The second kappa shape index (κ2) is 6.06. The summed E-state index contributed by atoms with van der Waals surface area (Å²) in [6.45, 7) is 3.23. The maximum Gasteiger partial charge on any atom is 0.416 e. The average Bonchev–Trinajstić information content (AvgIpc) is 2.27. The maximum atomic E-state index is 12.5. The molecular weight excluding hydrogens is 259 g/mol. The van der Waals surface area contributed by atoms with Crippen LogP contribution in [0.4, 0.5) is 13.2 Å². The van der Waals surface area contributed by atoms with Crippen LogP contribution in [0.25, 0.3) is 0 Å². The van der Waals surface area contributed by atoms with E-state index in [2.05, 4.69) is 5.32 Å². The first kappa shape index (κ1) is 15.5. The molecule has 0 aromatic heterocycles. The van der Waals surface area contributed by atoms with E-state index in [1.807, 2.05) is 0 Å². The Balaban J connectivity index is 2.70. The highest BCUT2D eigenvalue weighted by Crippen LogP contribution is 2.29. The predicted octanol–water partition coefficient (Wildman–Crippen LogP) is 2.70. The summed E-state index contributed by atoms with van der Waals surface area (Å²) < 4.78 is 37.6. The van der Waals surface area contributed by atoms with Gasteiger partial charge in [0.15, 0.2) is 0 Å². The van der Waals surface area contributed by atoms with Crippen LogP contribution in [0.3, 0.4) is 0 Å². The first-order valence-corrected chi connectivity index (χ1v) is 5.85. The summed E-state index contributed by atoms with van der Waals surface area (Å²) in [4.78, 5) is 10.7. The number of benzene rings is 1. The lowest BCUT2D eigenvalue weighted by atomic mass is 10.0. The Hall–Kier alpha value is -1.56. The summed E-state index contributed by atoms with van der Waals surface area (Å²) in [5.74, 6) is -0.990. The molecule has 2 atom stereocenters. The average molecular weight is 275 g/mol. The molecule has 0 aliphatic heterocycles. The third-order valence-electron chi connectivity index (χ3n) is 2.70. The predicted molar refractivity (Wildman–Crippen MR) is 64.8 cm³/mol. The second-order valence-corrected chi connectivity index (χ2v) is 4.53. The molecule has 0 heterocycles. The second-order valence-electron chi connectivity index (χ2n) is 4.53. The number of rotatable bonds is 5. The minimum atomic E-state index is -4.36. The van der Waals surface area contributed by atoms with E-state index in [-0.39, 0.29) is 6.04 Å². The number of halogens is 3. The molecular formula is C13H16F3NO2. The van der Waals surface area contributed by atoms with Gasteiger partial charge in [-0.3, -0.25) is 4.79 Å². The van der Waals surface area contributed by atoms with Crippen molar-refractivity contribution in [2.75, 3.05) is 0 Å². The van der Waals surface area contributed by atoms with Gasteiger partial charge in [-0.2, -0.15) is 13.2 Å². The fraction of sp³-hybridized carbons (Fsp3) is 0.462. The third-order valence-corrected chi connectivity index (χ3v) is 2.70. The molecule has 1 unspecified atom stereocenters. The van der Waals surface area contributed by atoms with E-state index < -0.39 is 23.8 Å². The lowest BCUT2D eigenvalue weighted by molar-refractivity contribution is -0.139. The zero-order valence-corrected chi connectivity index (χ0v) is 10.7. The summed E-state index contributed by atoms with van der Waals surface area (Å²) in [6.07, 6.45) is -4.03. The number of carbonyl (C=O) groups is 1. The maximum absolute atomic E-state index is 12.5. The van der Waals surface area contributed by atoms with Crippen LogP contribution in [0.5, 0.6) is 0 Å². The van der Waals surface area contributed by atoms with Crippen LogP contribution >= 0.6 is 0 Å². The number of carboxylic acid groups (broad SMARTS) is 1. The Morgan fingerprint density at radius 3 is 2.53 bits per heavy atom. The van der Waals surface area contributed by atoms with E-state index in [9.17, 15) is 18.0 Å². The zero-order valence-electron chi connectivity index (χ0n) is 10.7. The highest BCUT2D eigenvalue weighted by molar-refractivity contribution is 5.72. The van der Waals surface area contributed by atoms with Crippen molar-refractivity contribution < 1.29 is 23.1 Å². The molecule has 0 bridgehead atoms. The number of carboxylic acids is 1. The molecule has 1 rings (SSSR count). The standard InChI is InChI=1S/C13H16F3NO2/c1-8(17-9(2)12(18)19)6-10-4-3-5-11(7-10)13(14,15)16/h3-5,7-9,17H,6H2,1-2H3,(H,18,19)/t8?,9-/m0/s1. The van der Waals surface area contributed by atoms with E-state index >= 15 is 0 Å². The van der Waals surface area contributed by atoms with E-state index in [0.717, 1.165) is 12.1 Å². The monoisotopic (exact) mass is 275 g/mol. The minimum absolute atomic E-state index is 0.227. The van der Waals surface area contributed by atoms with Gasteiger partial charge in [0.25, 0.3) is 0 Å². The lowest BCUT2D eigenvalue weighted by Crippen LogP contribution is -2.40. The number of nitrogens with one attached hydrogen (secondary N) is 1. The van der Waals surface area contributed by atoms with Crippen molar-refractivity contribution in [2.24, 2.45) is 0 Å². The molecule has 106 valence electrons. The Bertz CT molecular complexity index is 446. The Kier molecular flexibility index (Phi) is 4.94. The van der Waals surface area contributed by atoms with Gasteiger partial charge in [0.1, 0.15) is 6.04 Å². The van der Waals surface area contributed by atoms with Crippen LogP contribution in [0.1, 0.15) is 25.0 Å². The van der Waals surface area contributed by atoms with Crippen LogP contribution in [-0.4, -0.2) is 23.2 Å². The number of hydrogen-bond acceptors (Lipinski definition) is 2. The molecule has 19 heavy (non-hydrogen) atoms. The quantitative estimate of drug-likeness (QED) is 0.868. The van der Waals surface area contributed by atoms with E-state index in [0.29, 0.717) is 12.0 Å². The molecule has 0 spiro atoms. The lowest BCUT2D eigenvalue weighted by Gasteiger charge is -2.17. The van der Waals surface area contributed by atoms with Gasteiger partial charge in [-0.05, 0) is 31.9 Å². The molecule has 0 radical (unpaired) electrons. The van der Waals surface area contributed by atoms with Gasteiger partial charge in [-0.1, -0.05) is 18.2 Å². The van der Waals surface area contributed by atoms with E-state index in [1.54, 1.807) is 13.0 Å². The van der Waals surface area contributed by atoms with Crippen LogP contribution in [0.15, 0.2) is 24.3 Å². The molecule has 1 aromatic carbocycles. The van der Waals surface area contributed by atoms with Crippen molar-refractivity contribution in [3.63, 3.8) is 0 Å². The molecule has 2 N–H and O–H groups in total. The smallest absolute Gasteiger partial charge is 0.416 e. The van der Waals surface area contributed by atoms with Crippen LogP contribution in [0, 0.1) is 0 Å². The van der Waals surface area contributed by atoms with Crippen molar-refractivity contribution in [2.45, 2.75) is 38.5 Å². The number of alkyl halides is 3. The van der Waals surface area contributed by atoms with Gasteiger partial charge in [0.05, 0.1) is 5.56 Å². The van der Waals surface area contributed by atoms with E-state index in [4.69, 9.17) is 5.11 Å². The Morgan fingerprint density at radius 1 is 1.37 bits per heavy atom. The zero-order chi connectivity index (χ0) is 14.6. The molecule has 0 fully saturated rings. The van der Waals surface area contributed by atoms with E-state index in [1.165, 1.54) is 13.0 Å². The summed E-state index contributed by atoms with van der Waals surface area (Å²) >= 11 is 0. The first-order valence-electron chi connectivity index (χ1n) is 5.85. The molecule has 0 aliphatic carbocycles. The highest BCUT2D eigenvalue weighted by Gasteiger charge is 2.30. The largest absolute Gasteiger partial charge is 0.480 e. The van der Waals surface area contributed by atoms with Crippen molar-refractivity contribution in [3.8, 4) is 0 Å². The Labute approximate surface area is 109 Å². The van der Waals surface area contributed by atoms with Crippen molar-refractivity contribution in [1.29, 1.82) is 0 Å². The fourth-order valence-corrected chi connectivity index (χ4v) is 1.79. The van der Waals surface area contributed by atoms with Gasteiger partial charge >= 0.3 is 12.1 Å². The van der Waals surface area contributed by atoms with Crippen molar-refractivity contribution in [3.05, 3.63) is 35.4 Å². The fourth-order valence-electron chi connectivity index (χ4n) is 1.79. The first-order chi connectivity index (χ1) is 8.70. The molecule has 6 heteroatoms.